The summed E-state index contributed by atoms with van der Waals surface area (Å²) in [6, 6.07) is 16.7. The molecule has 1 amide bonds. The van der Waals surface area contributed by atoms with Crippen molar-refractivity contribution in [3.05, 3.63) is 72.3 Å². The number of hydrogen-bond donors (Lipinski definition) is 1. The zero-order valence-electron chi connectivity index (χ0n) is 17.4. The number of anilines is 1. The van der Waals surface area contributed by atoms with E-state index in [2.05, 4.69) is 50.2 Å². The quantitative estimate of drug-likeness (QED) is 0.542. The van der Waals surface area contributed by atoms with Gasteiger partial charge in [-0.1, -0.05) is 36.4 Å². The Morgan fingerprint density at radius 3 is 2.69 bits per heavy atom. The summed E-state index contributed by atoms with van der Waals surface area (Å²) in [6.45, 7) is 2.74. The first-order chi connectivity index (χ1) is 15.8. The van der Waals surface area contributed by atoms with Crippen LogP contribution in [0.5, 0.6) is 0 Å². The highest BCUT2D eigenvalue weighted by Crippen LogP contribution is 2.32. The summed E-state index contributed by atoms with van der Waals surface area (Å²) in [7, 11) is 0. The Morgan fingerprint density at radius 2 is 1.88 bits per heavy atom. The van der Waals surface area contributed by atoms with Crippen LogP contribution in [0.4, 0.5) is 5.95 Å². The van der Waals surface area contributed by atoms with E-state index in [-0.39, 0.29) is 18.5 Å². The molecular formula is C24H22N6O2. The van der Waals surface area contributed by atoms with Gasteiger partial charge in [0, 0.05) is 31.0 Å². The van der Waals surface area contributed by atoms with E-state index in [1.165, 1.54) is 5.56 Å². The molecular weight excluding hydrogens is 404 g/mol. The van der Waals surface area contributed by atoms with Gasteiger partial charge in [-0.3, -0.25) is 4.79 Å². The zero-order chi connectivity index (χ0) is 21.5. The number of nitrogens with zero attached hydrogens (tertiary/aromatic N) is 5. The van der Waals surface area contributed by atoms with Gasteiger partial charge in [0.15, 0.2) is 0 Å². The minimum atomic E-state index is -0.00293. The smallest absolute Gasteiger partial charge is 0.239 e. The standard InChI is InChI=1S/C24H22N6O2/c31-23-13-29(9-8-25-23)24-26-11-18(12-27-24)17-6-7-19-20(10-17)30-21(14-32-15-22(30)28-19)16-4-2-1-3-5-16/h1-7,10-12,21H,8-9,13-15H2,(H,25,31)/t21-/m1/s1. The first-order valence-electron chi connectivity index (χ1n) is 10.7. The lowest BCUT2D eigenvalue weighted by molar-refractivity contribution is -0.120. The van der Waals surface area contributed by atoms with Crippen LogP contribution in [-0.4, -0.2) is 51.7 Å². The van der Waals surface area contributed by atoms with Gasteiger partial charge in [0.05, 0.1) is 30.2 Å². The lowest BCUT2D eigenvalue weighted by Crippen LogP contribution is -2.48. The first kappa shape index (κ1) is 18.9. The minimum Gasteiger partial charge on any atom is -0.371 e. The highest BCUT2D eigenvalue weighted by atomic mass is 16.5. The van der Waals surface area contributed by atoms with E-state index in [9.17, 15) is 4.79 Å². The molecule has 1 atom stereocenters. The fourth-order valence-corrected chi connectivity index (χ4v) is 4.47. The Hall–Kier alpha value is -3.78. The van der Waals surface area contributed by atoms with Crippen LogP contribution in [0.3, 0.4) is 0 Å². The van der Waals surface area contributed by atoms with Gasteiger partial charge in [-0.15, -0.1) is 0 Å². The molecule has 0 saturated carbocycles. The van der Waals surface area contributed by atoms with Crippen LogP contribution in [-0.2, 0) is 16.1 Å². The van der Waals surface area contributed by atoms with E-state index < -0.39 is 0 Å². The van der Waals surface area contributed by atoms with E-state index >= 15 is 0 Å². The molecule has 0 bridgehead atoms. The molecule has 2 aliphatic rings. The number of amides is 1. The van der Waals surface area contributed by atoms with E-state index in [4.69, 9.17) is 9.72 Å². The second-order valence-electron chi connectivity index (χ2n) is 8.09. The van der Waals surface area contributed by atoms with Gasteiger partial charge in [-0.05, 0) is 23.3 Å². The Labute approximate surface area is 184 Å². The molecule has 1 fully saturated rings. The first-order valence-corrected chi connectivity index (χ1v) is 10.7. The maximum Gasteiger partial charge on any atom is 0.239 e. The maximum atomic E-state index is 11.7. The van der Waals surface area contributed by atoms with Crippen molar-refractivity contribution in [3.8, 4) is 11.1 Å². The number of piperazine rings is 1. The highest BCUT2D eigenvalue weighted by Gasteiger charge is 2.25. The number of ether oxygens (including phenoxy) is 1. The highest BCUT2D eigenvalue weighted by molar-refractivity contribution is 5.83. The number of carbonyl (C=O) groups excluding carboxylic acids is 1. The third-order valence-electron chi connectivity index (χ3n) is 6.06. The molecule has 4 aromatic rings. The molecule has 6 rings (SSSR count). The van der Waals surface area contributed by atoms with Crippen LogP contribution in [0, 0.1) is 0 Å². The molecule has 1 N–H and O–H groups in total. The van der Waals surface area contributed by atoms with Crippen LogP contribution in [0.25, 0.3) is 22.2 Å². The number of benzene rings is 2. The number of fused-ring (bicyclic) bond motifs is 3. The summed E-state index contributed by atoms with van der Waals surface area (Å²) in [6.07, 6.45) is 3.64. The third kappa shape index (κ3) is 3.29. The van der Waals surface area contributed by atoms with Crippen LogP contribution in [0.2, 0.25) is 0 Å². The zero-order valence-corrected chi connectivity index (χ0v) is 17.4. The average Bonchev–Trinajstić information content (AvgIpc) is 3.23. The molecule has 2 aliphatic heterocycles. The van der Waals surface area contributed by atoms with Crippen LogP contribution >= 0.6 is 0 Å². The van der Waals surface area contributed by atoms with Gasteiger partial charge in [-0.25, -0.2) is 15.0 Å². The average molecular weight is 426 g/mol. The molecule has 8 heteroatoms. The topological polar surface area (TPSA) is 85.2 Å². The van der Waals surface area contributed by atoms with Gasteiger partial charge < -0.3 is 19.5 Å². The van der Waals surface area contributed by atoms with Gasteiger partial charge >= 0.3 is 0 Å². The Kier molecular flexibility index (Phi) is 4.57. The maximum absolute atomic E-state index is 11.7. The largest absolute Gasteiger partial charge is 0.371 e. The number of imidazole rings is 1. The third-order valence-corrected chi connectivity index (χ3v) is 6.06. The van der Waals surface area contributed by atoms with Crippen molar-refractivity contribution in [3.63, 3.8) is 0 Å². The Morgan fingerprint density at radius 1 is 1.03 bits per heavy atom. The molecule has 0 unspecified atom stereocenters. The number of aromatic nitrogens is 4. The van der Waals surface area contributed by atoms with Crippen molar-refractivity contribution in [2.24, 2.45) is 0 Å². The van der Waals surface area contributed by atoms with E-state index in [0.717, 1.165) is 28.0 Å². The molecule has 0 spiro atoms. The Bertz CT molecular complexity index is 1290. The summed E-state index contributed by atoms with van der Waals surface area (Å²) in [5, 5.41) is 2.82. The lowest BCUT2D eigenvalue weighted by Gasteiger charge is -2.26. The van der Waals surface area contributed by atoms with Gasteiger partial charge in [-0.2, -0.15) is 0 Å². The fourth-order valence-electron chi connectivity index (χ4n) is 4.47. The van der Waals surface area contributed by atoms with Crippen molar-refractivity contribution in [2.75, 3.05) is 31.1 Å². The van der Waals surface area contributed by atoms with Gasteiger partial charge in [0.25, 0.3) is 0 Å². The Balaban J connectivity index is 1.37. The molecule has 32 heavy (non-hydrogen) atoms. The molecule has 4 heterocycles. The molecule has 1 saturated heterocycles. The summed E-state index contributed by atoms with van der Waals surface area (Å²) in [4.78, 5) is 27.4. The molecule has 160 valence electrons. The van der Waals surface area contributed by atoms with Crippen molar-refractivity contribution in [2.45, 2.75) is 12.6 Å². The SMILES string of the molecule is O=C1CN(c2ncc(-c3ccc4nc5n(c4c3)[C@@H](c3ccccc3)COC5)cn2)CCN1. The molecule has 0 aliphatic carbocycles. The van der Waals surface area contributed by atoms with Crippen molar-refractivity contribution in [1.29, 1.82) is 0 Å². The predicted octanol–water partition coefficient (Wildman–Crippen LogP) is 2.55. The van der Waals surface area contributed by atoms with Gasteiger partial charge in [0.1, 0.15) is 12.4 Å². The summed E-state index contributed by atoms with van der Waals surface area (Å²) < 4.78 is 8.14. The summed E-state index contributed by atoms with van der Waals surface area (Å²) >= 11 is 0. The second-order valence-corrected chi connectivity index (χ2v) is 8.09. The number of nitrogens with one attached hydrogen (secondary N) is 1. The summed E-state index contributed by atoms with van der Waals surface area (Å²) in [5.74, 6) is 1.51. The molecule has 2 aromatic heterocycles. The van der Waals surface area contributed by atoms with Crippen molar-refractivity contribution < 1.29 is 9.53 Å². The monoisotopic (exact) mass is 426 g/mol. The van der Waals surface area contributed by atoms with E-state index in [0.29, 0.717) is 32.3 Å². The molecule has 2 aromatic carbocycles. The number of rotatable bonds is 3. The van der Waals surface area contributed by atoms with E-state index in [1.54, 1.807) is 0 Å². The lowest BCUT2D eigenvalue weighted by atomic mass is 10.1. The molecule has 8 nitrogen and oxygen atoms in total. The van der Waals surface area contributed by atoms with Crippen LogP contribution in [0.15, 0.2) is 60.9 Å². The van der Waals surface area contributed by atoms with E-state index in [1.807, 2.05) is 35.5 Å². The van der Waals surface area contributed by atoms with Crippen molar-refractivity contribution in [1.82, 2.24) is 24.8 Å². The fraction of sp³-hybridized carbons (Fsp3) is 0.250. The van der Waals surface area contributed by atoms with Crippen LogP contribution < -0.4 is 10.2 Å². The van der Waals surface area contributed by atoms with Gasteiger partial charge in [0.2, 0.25) is 11.9 Å². The predicted molar refractivity (Wildman–Crippen MR) is 120 cm³/mol. The summed E-state index contributed by atoms with van der Waals surface area (Å²) in [5.41, 5.74) is 5.19. The number of carbonyl (C=O) groups is 1. The minimum absolute atomic E-state index is 0.00293. The van der Waals surface area contributed by atoms with Crippen LogP contribution in [0.1, 0.15) is 17.4 Å². The molecule has 0 radical (unpaired) electrons. The van der Waals surface area contributed by atoms with Crippen molar-refractivity contribution >= 4 is 22.9 Å². The normalized spacial score (nSPS) is 18.4. The number of hydrogen-bond acceptors (Lipinski definition) is 6. The second kappa shape index (κ2) is 7.72.